The van der Waals surface area contributed by atoms with Crippen molar-refractivity contribution >= 4 is 45.7 Å². The number of thioether (sulfide) groups is 1. The normalized spacial score (nSPS) is 16.3. The molecular weight excluding hydrogens is 572 g/mol. The van der Waals surface area contributed by atoms with E-state index in [1.165, 1.54) is 37.1 Å². The van der Waals surface area contributed by atoms with Crippen molar-refractivity contribution < 1.29 is 33.0 Å². The molecule has 0 radical (unpaired) electrons. The van der Waals surface area contributed by atoms with E-state index in [0.29, 0.717) is 33.6 Å². The van der Waals surface area contributed by atoms with Crippen LogP contribution in [0.3, 0.4) is 0 Å². The number of aromatic nitrogens is 2. The molecule has 1 N–H and O–H groups in total. The number of halogens is 2. The minimum Gasteiger partial charge on any atom is -0.507 e. The Hall–Kier alpha value is -4.29. The zero-order chi connectivity index (χ0) is 29.1. The highest BCUT2D eigenvalue weighted by molar-refractivity contribution is 8.00. The quantitative estimate of drug-likeness (QED) is 0.0810. The summed E-state index contributed by atoms with van der Waals surface area (Å²) in [6.45, 7) is 2.21. The summed E-state index contributed by atoms with van der Waals surface area (Å²) in [7, 11) is 1.46. The Morgan fingerprint density at radius 3 is 2.51 bits per heavy atom. The van der Waals surface area contributed by atoms with Gasteiger partial charge in [0, 0.05) is 11.3 Å². The molecule has 8 nitrogen and oxygen atoms in total. The molecule has 4 aromatic rings. The molecule has 0 spiro atoms. The van der Waals surface area contributed by atoms with Crippen molar-refractivity contribution in [2.45, 2.75) is 23.1 Å². The van der Waals surface area contributed by atoms with Crippen molar-refractivity contribution in [2.24, 2.45) is 0 Å². The molecule has 1 aliphatic heterocycles. The number of anilines is 1. The van der Waals surface area contributed by atoms with E-state index in [0.717, 1.165) is 28.4 Å². The molecule has 0 saturated carbocycles. The third-order valence-corrected chi connectivity index (χ3v) is 8.38. The first kappa shape index (κ1) is 28.2. The number of methoxy groups -OCH3 is 1. The number of hydrogen-bond donors (Lipinski definition) is 1. The molecule has 1 amide bonds. The number of benzene rings is 3. The van der Waals surface area contributed by atoms with Crippen LogP contribution >= 0.6 is 23.1 Å². The van der Waals surface area contributed by atoms with Gasteiger partial charge in [-0.05, 0) is 60.5 Å². The van der Waals surface area contributed by atoms with Gasteiger partial charge in [-0.25, -0.2) is 8.78 Å². The Labute approximate surface area is 242 Å². The van der Waals surface area contributed by atoms with Gasteiger partial charge in [0.2, 0.25) is 5.13 Å². The van der Waals surface area contributed by atoms with Crippen molar-refractivity contribution in [3.8, 4) is 11.5 Å². The average Bonchev–Trinajstić information content (AvgIpc) is 3.55. The average molecular weight is 596 g/mol. The van der Waals surface area contributed by atoms with Gasteiger partial charge in [0.05, 0.1) is 25.3 Å². The predicted octanol–water partition coefficient (Wildman–Crippen LogP) is 6.14. The number of hydrogen-bond acceptors (Lipinski definition) is 9. The molecule has 2 heterocycles. The highest BCUT2D eigenvalue weighted by Gasteiger charge is 2.48. The van der Waals surface area contributed by atoms with Crippen LogP contribution in [-0.2, 0) is 15.3 Å². The van der Waals surface area contributed by atoms with E-state index >= 15 is 0 Å². The van der Waals surface area contributed by atoms with Crippen molar-refractivity contribution in [1.82, 2.24) is 10.2 Å². The van der Waals surface area contributed by atoms with Crippen molar-refractivity contribution in [1.29, 1.82) is 0 Å². The molecule has 0 aliphatic carbocycles. The predicted molar refractivity (Wildman–Crippen MR) is 151 cm³/mol. The summed E-state index contributed by atoms with van der Waals surface area (Å²) in [6, 6.07) is 15.1. The topological polar surface area (TPSA) is 102 Å². The maximum absolute atomic E-state index is 14.1. The second-order valence-corrected chi connectivity index (χ2v) is 10.9. The minimum absolute atomic E-state index is 0.110. The second-order valence-electron chi connectivity index (χ2n) is 8.75. The molecule has 1 aliphatic rings. The van der Waals surface area contributed by atoms with Gasteiger partial charge in [-0.3, -0.25) is 14.5 Å². The second kappa shape index (κ2) is 12.1. The van der Waals surface area contributed by atoms with Gasteiger partial charge in [0.15, 0.2) is 15.8 Å². The summed E-state index contributed by atoms with van der Waals surface area (Å²) >= 11 is 2.29. The molecule has 1 atom stereocenters. The molecule has 1 aromatic heterocycles. The molecule has 41 heavy (non-hydrogen) atoms. The Morgan fingerprint density at radius 2 is 1.80 bits per heavy atom. The maximum atomic E-state index is 14.1. The molecule has 1 saturated heterocycles. The van der Waals surface area contributed by atoms with E-state index < -0.39 is 29.3 Å². The van der Waals surface area contributed by atoms with Crippen molar-refractivity contribution in [3.63, 3.8) is 0 Å². The van der Waals surface area contributed by atoms with Gasteiger partial charge >= 0.3 is 5.91 Å². The highest BCUT2D eigenvalue weighted by Crippen LogP contribution is 2.45. The Balaban J connectivity index is 1.58. The summed E-state index contributed by atoms with van der Waals surface area (Å²) in [5.41, 5.74) is 0.869. The van der Waals surface area contributed by atoms with Gasteiger partial charge < -0.3 is 14.6 Å². The standard InChI is InChI=1S/C29H23F2N3O5S2/c1-3-39-21-13-10-17(14-22(21)38-2)24-23(25(35)16-8-11-19(30)12-9-16)26(36)27(37)34(24)28-32-33-29(41-28)40-15-18-6-4-5-7-20(18)31/h4-14,24,35H,3,15H2,1-2H3/b25-23-. The van der Waals surface area contributed by atoms with Gasteiger partial charge in [0.25, 0.3) is 5.78 Å². The van der Waals surface area contributed by atoms with Crippen molar-refractivity contribution in [2.75, 3.05) is 18.6 Å². The molecule has 5 rings (SSSR count). The number of amides is 1. The number of Topliss-reactive ketones (excluding diaryl/α,β-unsaturated/α-hetero) is 1. The molecular formula is C29H23F2N3O5S2. The van der Waals surface area contributed by atoms with Crippen LogP contribution in [0, 0.1) is 11.6 Å². The van der Waals surface area contributed by atoms with E-state index in [4.69, 9.17) is 9.47 Å². The van der Waals surface area contributed by atoms with Crippen LogP contribution in [0.4, 0.5) is 13.9 Å². The van der Waals surface area contributed by atoms with Crippen LogP contribution in [0.2, 0.25) is 0 Å². The summed E-state index contributed by atoms with van der Waals surface area (Å²) in [4.78, 5) is 28.0. The number of aliphatic hydroxyl groups is 1. The number of nitrogens with zero attached hydrogens (tertiary/aromatic N) is 3. The zero-order valence-electron chi connectivity index (χ0n) is 21.8. The third-order valence-electron chi connectivity index (χ3n) is 6.28. The summed E-state index contributed by atoms with van der Waals surface area (Å²) in [5.74, 6) is -2.11. The maximum Gasteiger partial charge on any atom is 0.301 e. The van der Waals surface area contributed by atoms with Crippen molar-refractivity contribution in [3.05, 3.63) is 101 Å². The Kier molecular flexibility index (Phi) is 8.31. The Bertz CT molecular complexity index is 1640. The lowest BCUT2D eigenvalue weighted by Gasteiger charge is -2.23. The number of ether oxygens (including phenoxy) is 2. The number of carbonyl (C=O) groups is 2. The fourth-order valence-electron chi connectivity index (χ4n) is 4.35. The molecule has 3 aromatic carbocycles. The number of carbonyl (C=O) groups excluding carboxylic acids is 2. The van der Waals surface area contributed by atoms with E-state index in [9.17, 15) is 23.5 Å². The molecule has 210 valence electrons. The lowest BCUT2D eigenvalue weighted by atomic mass is 9.95. The zero-order valence-corrected chi connectivity index (χ0v) is 23.5. The monoisotopic (exact) mass is 595 g/mol. The summed E-state index contributed by atoms with van der Waals surface area (Å²) in [6.07, 6.45) is 0. The summed E-state index contributed by atoms with van der Waals surface area (Å²) in [5, 5.41) is 19.6. The first-order valence-electron chi connectivity index (χ1n) is 12.4. The first-order valence-corrected chi connectivity index (χ1v) is 14.2. The number of aliphatic hydroxyl groups excluding tert-OH is 1. The third kappa shape index (κ3) is 5.66. The molecule has 1 unspecified atom stereocenters. The van der Waals surface area contributed by atoms with Gasteiger partial charge in [-0.1, -0.05) is 47.4 Å². The van der Waals surface area contributed by atoms with Gasteiger partial charge in [0.1, 0.15) is 17.4 Å². The fourth-order valence-corrected chi connectivity index (χ4v) is 6.20. The summed E-state index contributed by atoms with van der Waals surface area (Å²) < 4.78 is 39.2. The molecule has 1 fully saturated rings. The largest absolute Gasteiger partial charge is 0.507 e. The Morgan fingerprint density at radius 1 is 1.05 bits per heavy atom. The highest BCUT2D eigenvalue weighted by atomic mass is 32.2. The fraction of sp³-hybridized carbons (Fsp3) is 0.172. The lowest BCUT2D eigenvalue weighted by Crippen LogP contribution is -2.29. The number of ketones is 1. The lowest BCUT2D eigenvalue weighted by molar-refractivity contribution is -0.132. The van der Waals surface area contributed by atoms with Crippen LogP contribution < -0.4 is 14.4 Å². The van der Waals surface area contributed by atoms with E-state index in [-0.39, 0.29) is 27.8 Å². The first-order chi connectivity index (χ1) is 19.8. The minimum atomic E-state index is -1.11. The van der Waals surface area contributed by atoms with Gasteiger partial charge in [-0.15, -0.1) is 10.2 Å². The molecule has 12 heteroatoms. The van der Waals surface area contributed by atoms with Crippen LogP contribution in [0.25, 0.3) is 5.76 Å². The van der Waals surface area contributed by atoms with Gasteiger partial charge in [-0.2, -0.15) is 0 Å². The van der Waals surface area contributed by atoms with Crippen LogP contribution in [0.15, 0.2) is 76.6 Å². The van der Waals surface area contributed by atoms with E-state index in [2.05, 4.69) is 10.2 Å². The smallest absolute Gasteiger partial charge is 0.301 e. The molecule has 0 bridgehead atoms. The van der Waals surface area contributed by atoms with Crippen LogP contribution in [0.5, 0.6) is 11.5 Å². The van der Waals surface area contributed by atoms with E-state index in [1.807, 2.05) is 6.92 Å². The van der Waals surface area contributed by atoms with Crippen LogP contribution in [0.1, 0.15) is 29.7 Å². The van der Waals surface area contributed by atoms with Crippen LogP contribution in [-0.4, -0.2) is 40.7 Å². The van der Waals surface area contributed by atoms with E-state index in [1.54, 1.807) is 36.4 Å². The number of rotatable bonds is 9. The SMILES string of the molecule is CCOc1ccc(C2/C(=C(/O)c3ccc(F)cc3)C(=O)C(=O)N2c2nnc(SCc3ccccc3F)s2)cc1OC.